The Morgan fingerprint density at radius 3 is 2.58 bits per heavy atom. The van der Waals surface area contributed by atoms with E-state index in [2.05, 4.69) is 0 Å². The predicted octanol–water partition coefficient (Wildman–Crippen LogP) is 2.81. The van der Waals surface area contributed by atoms with Gasteiger partial charge in [-0.25, -0.2) is 9.69 Å². The van der Waals surface area contributed by atoms with Crippen LogP contribution in [-0.4, -0.2) is 22.5 Å². The van der Waals surface area contributed by atoms with Gasteiger partial charge in [0, 0.05) is 16.3 Å². The minimum atomic E-state index is -0.691. The van der Waals surface area contributed by atoms with E-state index in [0.29, 0.717) is 21.8 Å². The first-order valence-corrected chi connectivity index (χ1v) is 6.20. The van der Waals surface area contributed by atoms with Gasteiger partial charge < -0.3 is 10.5 Å². The Balaban J connectivity index is 2.32. The number of nitrogen functional groups attached to an aromatic ring is 1. The van der Waals surface area contributed by atoms with Gasteiger partial charge in [-0.05, 0) is 32.9 Å². The van der Waals surface area contributed by atoms with Gasteiger partial charge in [0.15, 0.2) is 0 Å². The van der Waals surface area contributed by atoms with Crippen LogP contribution < -0.4 is 5.73 Å². The van der Waals surface area contributed by atoms with Crippen LogP contribution in [0, 0.1) is 0 Å². The van der Waals surface area contributed by atoms with Gasteiger partial charge in [-0.15, -0.1) is 0 Å². The van der Waals surface area contributed by atoms with Crippen molar-refractivity contribution >= 4 is 29.3 Å². The largest absolute Gasteiger partial charge is 0.443 e. The van der Waals surface area contributed by atoms with Crippen molar-refractivity contribution in [3.8, 4) is 0 Å². The van der Waals surface area contributed by atoms with Crippen LogP contribution in [0.3, 0.4) is 0 Å². The van der Waals surface area contributed by atoms with Crippen molar-refractivity contribution in [3.05, 3.63) is 28.3 Å². The number of halogens is 1. The third-order valence-corrected chi connectivity index (χ3v) is 3.03. The van der Waals surface area contributed by atoms with Crippen LogP contribution >= 0.6 is 11.6 Å². The summed E-state index contributed by atoms with van der Waals surface area (Å²) in [5, 5.41) is 0.420. The molecule has 1 heterocycles. The number of carbonyl (C=O) groups is 2. The van der Waals surface area contributed by atoms with E-state index < -0.39 is 17.6 Å². The number of fused-ring (bicyclic) bond motifs is 1. The number of nitrogens with two attached hydrogens (primary N) is 1. The van der Waals surface area contributed by atoms with Crippen LogP contribution in [0.15, 0.2) is 12.1 Å². The maximum absolute atomic E-state index is 12.2. The molecule has 0 aliphatic carbocycles. The third kappa shape index (κ3) is 2.51. The fraction of sp³-hybridized carbons (Fsp3) is 0.385. The lowest BCUT2D eigenvalue weighted by molar-refractivity contribution is 0.0248. The van der Waals surface area contributed by atoms with Gasteiger partial charge >= 0.3 is 6.09 Å². The van der Waals surface area contributed by atoms with E-state index in [1.807, 2.05) is 0 Å². The summed E-state index contributed by atoms with van der Waals surface area (Å²) in [6.45, 7) is 5.30. The first-order chi connectivity index (χ1) is 8.70. The van der Waals surface area contributed by atoms with Crippen LogP contribution in [0.5, 0.6) is 0 Å². The monoisotopic (exact) mass is 282 g/mol. The van der Waals surface area contributed by atoms with Crippen molar-refractivity contribution in [1.82, 2.24) is 4.90 Å². The maximum Gasteiger partial charge on any atom is 0.417 e. The van der Waals surface area contributed by atoms with Crippen LogP contribution in [0.25, 0.3) is 0 Å². The van der Waals surface area contributed by atoms with Crippen LogP contribution in [-0.2, 0) is 11.3 Å². The molecule has 0 saturated heterocycles. The lowest BCUT2D eigenvalue weighted by Crippen LogP contribution is -2.37. The van der Waals surface area contributed by atoms with Gasteiger partial charge in [-0.2, -0.15) is 0 Å². The van der Waals surface area contributed by atoms with Gasteiger partial charge in [0.1, 0.15) is 5.60 Å². The zero-order valence-electron chi connectivity index (χ0n) is 11.0. The zero-order valence-corrected chi connectivity index (χ0v) is 11.7. The molecule has 0 bridgehead atoms. The second kappa shape index (κ2) is 4.42. The molecule has 0 fully saturated rings. The van der Waals surface area contributed by atoms with E-state index >= 15 is 0 Å². The molecular formula is C13H15ClN2O3. The lowest BCUT2D eigenvalue weighted by atomic mass is 10.1. The molecule has 2 N–H and O–H groups in total. The summed E-state index contributed by atoms with van der Waals surface area (Å²) in [6, 6.07) is 3.17. The molecule has 1 aromatic carbocycles. The average Bonchev–Trinajstić information content (AvgIpc) is 2.61. The highest BCUT2D eigenvalue weighted by Gasteiger charge is 2.37. The Morgan fingerprint density at radius 1 is 1.42 bits per heavy atom. The van der Waals surface area contributed by atoms with Crippen LogP contribution in [0.4, 0.5) is 10.5 Å². The molecule has 0 atom stereocenters. The summed E-state index contributed by atoms with van der Waals surface area (Å²) in [5.74, 6) is -0.468. The minimum Gasteiger partial charge on any atom is -0.443 e. The van der Waals surface area contributed by atoms with E-state index in [4.69, 9.17) is 22.1 Å². The summed E-state index contributed by atoms with van der Waals surface area (Å²) in [6.07, 6.45) is -0.691. The second-order valence-electron chi connectivity index (χ2n) is 5.36. The van der Waals surface area contributed by atoms with Gasteiger partial charge in [-0.1, -0.05) is 11.6 Å². The van der Waals surface area contributed by atoms with E-state index in [1.54, 1.807) is 32.9 Å². The highest BCUT2D eigenvalue weighted by Crippen LogP contribution is 2.33. The van der Waals surface area contributed by atoms with Crippen molar-refractivity contribution < 1.29 is 14.3 Å². The highest BCUT2D eigenvalue weighted by molar-refractivity contribution is 6.32. The Kier molecular flexibility index (Phi) is 3.18. The molecule has 6 heteroatoms. The summed E-state index contributed by atoms with van der Waals surface area (Å²) in [7, 11) is 0. The molecule has 2 rings (SSSR count). The van der Waals surface area contributed by atoms with Crippen LogP contribution in [0.2, 0.25) is 5.02 Å². The first-order valence-electron chi connectivity index (χ1n) is 5.82. The number of imide groups is 1. The fourth-order valence-corrected chi connectivity index (χ4v) is 2.09. The van der Waals surface area contributed by atoms with Crippen molar-refractivity contribution in [2.45, 2.75) is 32.9 Å². The molecule has 0 radical (unpaired) electrons. The van der Waals surface area contributed by atoms with Gasteiger partial charge in [0.05, 0.1) is 12.1 Å². The predicted molar refractivity (Wildman–Crippen MR) is 72.0 cm³/mol. The zero-order chi connectivity index (χ0) is 14.4. The summed E-state index contributed by atoms with van der Waals surface area (Å²) >= 11 is 6.02. The molecule has 1 aliphatic rings. The Morgan fingerprint density at radius 2 is 2.05 bits per heavy atom. The summed E-state index contributed by atoms with van der Waals surface area (Å²) in [5.41, 5.74) is 6.27. The Labute approximate surface area is 116 Å². The van der Waals surface area contributed by atoms with Crippen LogP contribution in [0.1, 0.15) is 36.7 Å². The van der Waals surface area contributed by atoms with Crippen molar-refractivity contribution in [2.24, 2.45) is 0 Å². The molecule has 1 aromatic rings. The maximum atomic E-state index is 12.2. The average molecular weight is 283 g/mol. The van der Waals surface area contributed by atoms with E-state index in [9.17, 15) is 9.59 Å². The quantitative estimate of drug-likeness (QED) is 0.743. The van der Waals surface area contributed by atoms with Gasteiger partial charge in [-0.3, -0.25) is 4.79 Å². The number of hydrogen-bond donors (Lipinski definition) is 1. The lowest BCUT2D eigenvalue weighted by Gasteiger charge is -2.23. The highest BCUT2D eigenvalue weighted by atomic mass is 35.5. The Hall–Kier alpha value is -1.75. The fourth-order valence-electron chi connectivity index (χ4n) is 1.88. The molecule has 19 heavy (non-hydrogen) atoms. The third-order valence-electron chi connectivity index (χ3n) is 2.68. The second-order valence-corrected chi connectivity index (χ2v) is 5.77. The number of hydrogen-bond acceptors (Lipinski definition) is 4. The topological polar surface area (TPSA) is 72.6 Å². The van der Waals surface area contributed by atoms with Gasteiger partial charge in [0.25, 0.3) is 5.91 Å². The van der Waals surface area contributed by atoms with E-state index in [1.165, 1.54) is 0 Å². The Bertz CT molecular complexity index is 564. The number of amides is 2. The van der Waals surface area contributed by atoms with Gasteiger partial charge in [0.2, 0.25) is 0 Å². The minimum absolute atomic E-state index is 0.0902. The molecule has 2 amide bonds. The SMILES string of the molecule is CC(C)(C)OC(=O)N1Cc2c(Cl)ccc(N)c2C1=O. The molecule has 5 nitrogen and oxygen atoms in total. The summed E-state index contributed by atoms with van der Waals surface area (Å²) in [4.78, 5) is 25.2. The number of rotatable bonds is 0. The van der Waals surface area contributed by atoms with Crippen molar-refractivity contribution in [3.63, 3.8) is 0 Å². The van der Waals surface area contributed by atoms with Crippen molar-refractivity contribution in [1.29, 1.82) is 0 Å². The molecule has 1 aliphatic heterocycles. The van der Waals surface area contributed by atoms with Crippen molar-refractivity contribution in [2.75, 3.05) is 5.73 Å². The number of nitrogens with zero attached hydrogens (tertiary/aromatic N) is 1. The van der Waals surface area contributed by atoms with E-state index in [-0.39, 0.29) is 6.54 Å². The first kappa shape index (κ1) is 13.7. The standard InChI is InChI=1S/C13H15ClN2O3/c1-13(2,3)19-12(18)16-6-7-8(14)4-5-9(15)10(7)11(16)17/h4-5H,6,15H2,1-3H3. The number of ether oxygens (including phenoxy) is 1. The smallest absolute Gasteiger partial charge is 0.417 e. The molecule has 0 aromatic heterocycles. The number of anilines is 1. The molecule has 0 unspecified atom stereocenters. The number of carbonyl (C=O) groups excluding carboxylic acids is 2. The molecule has 0 spiro atoms. The summed E-state index contributed by atoms with van der Waals surface area (Å²) < 4.78 is 5.19. The molecule has 0 saturated carbocycles. The molecular weight excluding hydrogens is 268 g/mol. The normalized spacial score (nSPS) is 14.5. The van der Waals surface area contributed by atoms with E-state index in [0.717, 1.165) is 4.90 Å². The molecule has 102 valence electrons. The number of benzene rings is 1.